The van der Waals surface area contributed by atoms with Gasteiger partial charge in [0, 0.05) is 57.0 Å². The zero-order valence-corrected chi connectivity index (χ0v) is 17.4. The van der Waals surface area contributed by atoms with Crippen molar-refractivity contribution in [3.05, 3.63) is 29.8 Å². The minimum absolute atomic E-state index is 0.0159. The molecule has 3 rings (SSSR count). The van der Waals surface area contributed by atoms with E-state index in [1.165, 1.54) is 0 Å². The van der Waals surface area contributed by atoms with Crippen LogP contribution in [0.25, 0.3) is 0 Å². The van der Waals surface area contributed by atoms with Gasteiger partial charge in [-0.2, -0.15) is 0 Å². The molecule has 2 amide bonds. The second kappa shape index (κ2) is 10.1. The zero-order valence-electron chi connectivity index (χ0n) is 17.4. The van der Waals surface area contributed by atoms with E-state index in [4.69, 9.17) is 14.2 Å². The van der Waals surface area contributed by atoms with Crippen LogP contribution in [0.15, 0.2) is 24.3 Å². The molecule has 2 saturated heterocycles. The van der Waals surface area contributed by atoms with Crippen LogP contribution >= 0.6 is 0 Å². The molecular weight excluding hydrogens is 372 g/mol. The van der Waals surface area contributed by atoms with Crippen molar-refractivity contribution in [2.24, 2.45) is 5.92 Å². The van der Waals surface area contributed by atoms with E-state index in [-0.39, 0.29) is 23.3 Å². The number of benzene rings is 1. The summed E-state index contributed by atoms with van der Waals surface area (Å²) in [5, 5.41) is 3.32. The van der Waals surface area contributed by atoms with Crippen LogP contribution in [-0.2, 0) is 14.3 Å². The number of nitrogens with zero attached hydrogens (tertiary/aromatic N) is 1. The maximum absolute atomic E-state index is 12.9. The molecule has 7 nitrogen and oxygen atoms in total. The van der Waals surface area contributed by atoms with Crippen molar-refractivity contribution in [2.75, 3.05) is 47.1 Å². The Morgan fingerprint density at radius 1 is 1.14 bits per heavy atom. The Balaban J connectivity index is 1.62. The van der Waals surface area contributed by atoms with Gasteiger partial charge < -0.3 is 24.4 Å². The molecule has 1 N–H and O–H groups in total. The summed E-state index contributed by atoms with van der Waals surface area (Å²) in [6, 6.07) is 7.18. The molecule has 29 heavy (non-hydrogen) atoms. The van der Waals surface area contributed by atoms with E-state index in [1.807, 2.05) is 4.90 Å². The monoisotopic (exact) mass is 404 g/mol. The third-order valence-corrected chi connectivity index (χ3v) is 6.11. The Bertz CT molecular complexity index is 677. The van der Waals surface area contributed by atoms with E-state index in [0.717, 1.165) is 37.9 Å². The molecule has 0 unspecified atom stereocenters. The number of piperidine rings is 1. The molecule has 2 heterocycles. The summed E-state index contributed by atoms with van der Waals surface area (Å²) >= 11 is 0. The molecular formula is C22H32N2O5. The first kappa shape index (κ1) is 21.6. The van der Waals surface area contributed by atoms with Crippen LogP contribution in [0.1, 0.15) is 42.5 Å². The van der Waals surface area contributed by atoms with Gasteiger partial charge in [-0.1, -0.05) is 0 Å². The van der Waals surface area contributed by atoms with Gasteiger partial charge in [0.1, 0.15) is 5.75 Å². The average molecular weight is 405 g/mol. The van der Waals surface area contributed by atoms with Crippen molar-refractivity contribution in [3.8, 4) is 5.75 Å². The number of hydrogen-bond donors (Lipinski definition) is 1. The van der Waals surface area contributed by atoms with Crippen LogP contribution in [0, 0.1) is 5.92 Å². The molecule has 0 aliphatic carbocycles. The SMILES string of the molecule is COCCC1(NC(=O)C2CCOCC2)CCN(C(=O)c2ccc(OC)cc2)CC1. The lowest BCUT2D eigenvalue weighted by atomic mass is 9.83. The standard InChI is InChI=1S/C22H32N2O5/c1-27-16-11-22(23-20(25)17-7-14-29-15-8-17)9-12-24(13-10-22)21(26)18-3-5-19(28-2)6-4-18/h3-6,17H,7-16H2,1-2H3,(H,23,25). The smallest absolute Gasteiger partial charge is 0.253 e. The predicted molar refractivity (Wildman–Crippen MR) is 109 cm³/mol. The van der Waals surface area contributed by atoms with Gasteiger partial charge in [-0.25, -0.2) is 0 Å². The number of likely N-dealkylation sites (tertiary alicyclic amines) is 1. The molecule has 160 valence electrons. The van der Waals surface area contributed by atoms with Crippen LogP contribution < -0.4 is 10.1 Å². The molecule has 0 saturated carbocycles. The summed E-state index contributed by atoms with van der Waals surface area (Å²) in [7, 11) is 3.28. The first-order valence-corrected chi connectivity index (χ1v) is 10.4. The minimum Gasteiger partial charge on any atom is -0.497 e. The topological polar surface area (TPSA) is 77.1 Å². The Labute approximate surface area is 172 Å². The summed E-state index contributed by atoms with van der Waals surface area (Å²) in [4.78, 5) is 27.6. The van der Waals surface area contributed by atoms with Gasteiger partial charge in [0.15, 0.2) is 0 Å². The Morgan fingerprint density at radius 2 is 1.79 bits per heavy atom. The molecule has 2 fully saturated rings. The van der Waals surface area contributed by atoms with Crippen molar-refractivity contribution >= 4 is 11.8 Å². The average Bonchev–Trinajstić information content (AvgIpc) is 2.78. The largest absolute Gasteiger partial charge is 0.497 e. The van der Waals surface area contributed by atoms with Crippen LogP contribution in [0.2, 0.25) is 0 Å². The third-order valence-electron chi connectivity index (χ3n) is 6.11. The summed E-state index contributed by atoms with van der Waals surface area (Å²) in [5.74, 6) is 0.875. The van der Waals surface area contributed by atoms with E-state index >= 15 is 0 Å². The lowest BCUT2D eigenvalue weighted by Gasteiger charge is -2.43. The number of amides is 2. The van der Waals surface area contributed by atoms with Crippen LogP contribution in [0.5, 0.6) is 5.75 Å². The molecule has 1 aromatic rings. The van der Waals surface area contributed by atoms with Crippen molar-refractivity contribution in [1.82, 2.24) is 10.2 Å². The van der Waals surface area contributed by atoms with Crippen molar-refractivity contribution < 1.29 is 23.8 Å². The van der Waals surface area contributed by atoms with E-state index < -0.39 is 0 Å². The van der Waals surface area contributed by atoms with Gasteiger partial charge in [0.2, 0.25) is 5.91 Å². The molecule has 0 atom stereocenters. The first-order chi connectivity index (χ1) is 14.1. The fourth-order valence-corrected chi connectivity index (χ4v) is 4.11. The highest BCUT2D eigenvalue weighted by molar-refractivity contribution is 5.94. The summed E-state index contributed by atoms with van der Waals surface area (Å²) in [6.45, 7) is 3.10. The van der Waals surface area contributed by atoms with E-state index in [2.05, 4.69) is 5.32 Å². The predicted octanol–water partition coefficient (Wildman–Crippen LogP) is 2.25. The summed E-state index contributed by atoms with van der Waals surface area (Å²) in [5.41, 5.74) is 0.337. The molecule has 0 bridgehead atoms. The molecule has 0 aromatic heterocycles. The van der Waals surface area contributed by atoms with Gasteiger partial charge >= 0.3 is 0 Å². The normalized spacial score (nSPS) is 19.6. The number of carbonyl (C=O) groups excluding carboxylic acids is 2. The van der Waals surface area contributed by atoms with Crippen LogP contribution in [0.4, 0.5) is 0 Å². The summed E-state index contributed by atoms with van der Waals surface area (Å²) in [6.07, 6.45) is 3.76. The molecule has 1 aromatic carbocycles. The number of ether oxygens (including phenoxy) is 3. The minimum atomic E-state index is -0.317. The molecule has 2 aliphatic heterocycles. The zero-order chi connectivity index (χ0) is 20.7. The lowest BCUT2D eigenvalue weighted by molar-refractivity contribution is -0.130. The van der Waals surface area contributed by atoms with Crippen LogP contribution in [0.3, 0.4) is 0 Å². The van der Waals surface area contributed by atoms with Gasteiger partial charge in [0.25, 0.3) is 5.91 Å². The molecule has 2 aliphatic rings. The van der Waals surface area contributed by atoms with Gasteiger partial charge in [-0.05, 0) is 56.4 Å². The fourth-order valence-electron chi connectivity index (χ4n) is 4.11. The van der Waals surface area contributed by atoms with E-state index in [9.17, 15) is 9.59 Å². The number of carbonyl (C=O) groups is 2. The number of methoxy groups -OCH3 is 2. The molecule has 7 heteroatoms. The number of nitrogens with one attached hydrogen (secondary N) is 1. The molecule has 0 spiro atoms. The molecule has 0 radical (unpaired) electrons. The van der Waals surface area contributed by atoms with E-state index in [0.29, 0.717) is 38.5 Å². The second-order valence-electron chi connectivity index (χ2n) is 7.92. The Kier molecular flexibility index (Phi) is 7.50. The summed E-state index contributed by atoms with van der Waals surface area (Å²) < 4.78 is 15.8. The van der Waals surface area contributed by atoms with Crippen molar-refractivity contribution in [1.29, 1.82) is 0 Å². The third kappa shape index (κ3) is 5.48. The fraction of sp³-hybridized carbons (Fsp3) is 0.636. The quantitative estimate of drug-likeness (QED) is 0.754. The highest BCUT2D eigenvalue weighted by Crippen LogP contribution is 2.29. The lowest BCUT2D eigenvalue weighted by Crippen LogP contribution is -2.58. The maximum atomic E-state index is 12.9. The van der Waals surface area contributed by atoms with E-state index in [1.54, 1.807) is 38.5 Å². The Morgan fingerprint density at radius 3 is 2.38 bits per heavy atom. The maximum Gasteiger partial charge on any atom is 0.253 e. The van der Waals surface area contributed by atoms with Gasteiger partial charge in [-0.3, -0.25) is 9.59 Å². The number of hydrogen-bond acceptors (Lipinski definition) is 5. The Hall–Kier alpha value is -2.12. The van der Waals surface area contributed by atoms with Gasteiger partial charge in [-0.15, -0.1) is 0 Å². The number of rotatable bonds is 7. The van der Waals surface area contributed by atoms with Crippen LogP contribution in [-0.4, -0.2) is 69.4 Å². The highest BCUT2D eigenvalue weighted by atomic mass is 16.5. The van der Waals surface area contributed by atoms with Crippen molar-refractivity contribution in [2.45, 2.75) is 37.6 Å². The highest BCUT2D eigenvalue weighted by Gasteiger charge is 2.38. The second-order valence-corrected chi connectivity index (χ2v) is 7.92. The van der Waals surface area contributed by atoms with Gasteiger partial charge in [0.05, 0.1) is 7.11 Å². The first-order valence-electron chi connectivity index (χ1n) is 10.4. The van der Waals surface area contributed by atoms with Crippen molar-refractivity contribution in [3.63, 3.8) is 0 Å².